The lowest BCUT2D eigenvalue weighted by Crippen LogP contribution is -2.50. The van der Waals surface area contributed by atoms with Gasteiger partial charge in [-0.2, -0.15) is 0 Å². The Morgan fingerprint density at radius 2 is 2.26 bits per heavy atom. The molecule has 102 valence electrons. The van der Waals surface area contributed by atoms with Gasteiger partial charge >= 0.3 is 12.0 Å². The molecule has 1 aromatic heterocycles. The number of amides is 2. The number of carboxylic acid groups (broad SMARTS) is 1. The maximum absolute atomic E-state index is 11.9. The number of carboxylic acids is 1. The van der Waals surface area contributed by atoms with Gasteiger partial charge < -0.3 is 10.4 Å². The lowest BCUT2D eigenvalue weighted by molar-refractivity contribution is -0.153. The Bertz CT molecular complexity index is 471. The van der Waals surface area contributed by atoms with Crippen molar-refractivity contribution in [1.82, 2.24) is 10.3 Å². The minimum absolute atomic E-state index is 0.172. The second-order valence-corrected chi connectivity index (χ2v) is 4.87. The highest BCUT2D eigenvalue weighted by Crippen LogP contribution is 2.40. The summed E-state index contributed by atoms with van der Waals surface area (Å²) < 4.78 is 0. The fourth-order valence-corrected chi connectivity index (χ4v) is 2.10. The van der Waals surface area contributed by atoms with Crippen LogP contribution in [0.3, 0.4) is 0 Å². The normalized spacial score (nSPS) is 16.3. The van der Waals surface area contributed by atoms with Gasteiger partial charge in [-0.15, -0.1) is 0 Å². The Balaban J connectivity index is 1.93. The second kappa shape index (κ2) is 5.26. The fourth-order valence-electron chi connectivity index (χ4n) is 2.10. The maximum Gasteiger partial charge on any atom is 0.321 e. The SMILES string of the molecule is CN(C(=O)NCC1(C(=O)O)CCC1)c1cccnc1. The standard InChI is InChI=1S/C13H17N3O3/c1-16(10-4-2-7-14-8-10)12(19)15-9-13(11(17)18)5-3-6-13/h2,4,7-8H,3,5-6,9H2,1H3,(H,15,19)(H,17,18). The summed E-state index contributed by atoms with van der Waals surface area (Å²) in [6.07, 6.45) is 5.36. The Morgan fingerprint density at radius 3 is 2.74 bits per heavy atom. The largest absolute Gasteiger partial charge is 0.481 e. The van der Waals surface area contributed by atoms with Crippen molar-refractivity contribution >= 4 is 17.7 Å². The number of hydrogen-bond acceptors (Lipinski definition) is 3. The van der Waals surface area contributed by atoms with Crippen LogP contribution in [0.25, 0.3) is 0 Å². The van der Waals surface area contributed by atoms with Crippen LogP contribution in [0, 0.1) is 5.41 Å². The first kappa shape index (κ1) is 13.3. The molecular formula is C13H17N3O3. The lowest BCUT2D eigenvalue weighted by atomic mass is 9.69. The third-order valence-electron chi connectivity index (χ3n) is 3.68. The molecule has 1 fully saturated rings. The number of anilines is 1. The molecule has 1 aromatic rings. The van der Waals surface area contributed by atoms with E-state index in [2.05, 4.69) is 10.3 Å². The van der Waals surface area contributed by atoms with Crippen LogP contribution in [0.4, 0.5) is 10.5 Å². The van der Waals surface area contributed by atoms with E-state index < -0.39 is 11.4 Å². The smallest absolute Gasteiger partial charge is 0.321 e. The third kappa shape index (κ3) is 2.67. The van der Waals surface area contributed by atoms with Crippen molar-refractivity contribution in [3.8, 4) is 0 Å². The topological polar surface area (TPSA) is 82.5 Å². The highest BCUT2D eigenvalue weighted by Gasteiger charge is 2.44. The van der Waals surface area contributed by atoms with Gasteiger partial charge in [-0.05, 0) is 25.0 Å². The molecule has 0 spiro atoms. The van der Waals surface area contributed by atoms with E-state index in [1.807, 2.05) is 0 Å². The molecule has 1 heterocycles. The van der Waals surface area contributed by atoms with Crippen LogP contribution in [-0.4, -0.2) is 35.7 Å². The lowest BCUT2D eigenvalue weighted by Gasteiger charge is -2.37. The van der Waals surface area contributed by atoms with Gasteiger partial charge in [0.25, 0.3) is 0 Å². The molecule has 19 heavy (non-hydrogen) atoms. The molecule has 6 heteroatoms. The van der Waals surface area contributed by atoms with E-state index in [0.29, 0.717) is 18.5 Å². The summed E-state index contributed by atoms with van der Waals surface area (Å²) in [5.74, 6) is -0.830. The second-order valence-electron chi connectivity index (χ2n) is 4.87. The van der Waals surface area contributed by atoms with E-state index in [1.165, 1.54) is 4.90 Å². The van der Waals surface area contributed by atoms with E-state index >= 15 is 0 Å². The molecule has 6 nitrogen and oxygen atoms in total. The summed E-state index contributed by atoms with van der Waals surface area (Å²) >= 11 is 0. The highest BCUT2D eigenvalue weighted by atomic mass is 16.4. The molecule has 0 radical (unpaired) electrons. The van der Waals surface area contributed by atoms with Crippen LogP contribution < -0.4 is 10.2 Å². The number of urea groups is 1. The van der Waals surface area contributed by atoms with Crippen LogP contribution in [-0.2, 0) is 4.79 Å². The molecule has 0 aliphatic heterocycles. The highest BCUT2D eigenvalue weighted by molar-refractivity contribution is 5.91. The van der Waals surface area contributed by atoms with Gasteiger partial charge in [-0.25, -0.2) is 4.79 Å². The summed E-state index contributed by atoms with van der Waals surface area (Å²) in [7, 11) is 1.63. The fraction of sp³-hybridized carbons (Fsp3) is 0.462. The molecule has 2 N–H and O–H groups in total. The summed E-state index contributed by atoms with van der Waals surface area (Å²) in [5.41, 5.74) is -0.108. The zero-order chi connectivity index (χ0) is 13.9. The van der Waals surface area contributed by atoms with Gasteiger partial charge in [-0.1, -0.05) is 6.42 Å². The van der Waals surface area contributed by atoms with Gasteiger partial charge in [0.2, 0.25) is 0 Å². The number of carbonyl (C=O) groups excluding carboxylic acids is 1. The van der Waals surface area contributed by atoms with Gasteiger partial charge in [0, 0.05) is 19.8 Å². The van der Waals surface area contributed by atoms with E-state index in [0.717, 1.165) is 6.42 Å². The summed E-state index contributed by atoms with van der Waals surface area (Å²) in [6.45, 7) is 0.172. The monoisotopic (exact) mass is 263 g/mol. The predicted octanol–water partition coefficient (Wildman–Crippen LogP) is 1.48. The first-order valence-electron chi connectivity index (χ1n) is 6.20. The van der Waals surface area contributed by atoms with Gasteiger partial charge in [0.05, 0.1) is 17.3 Å². The predicted molar refractivity (Wildman–Crippen MR) is 70.0 cm³/mol. The molecule has 1 aliphatic rings. The molecule has 0 aromatic carbocycles. The first-order valence-corrected chi connectivity index (χ1v) is 6.20. The van der Waals surface area contributed by atoms with Crippen molar-refractivity contribution < 1.29 is 14.7 Å². The van der Waals surface area contributed by atoms with E-state index in [1.54, 1.807) is 31.6 Å². The minimum Gasteiger partial charge on any atom is -0.481 e. The number of carbonyl (C=O) groups is 2. The van der Waals surface area contributed by atoms with Gasteiger partial charge in [0.1, 0.15) is 0 Å². The molecule has 0 unspecified atom stereocenters. The first-order chi connectivity index (χ1) is 9.05. The summed E-state index contributed by atoms with van der Waals surface area (Å²) in [5, 5.41) is 11.9. The van der Waals surface area contributed by atoms with Crippen molar-refractivity contribution in [2.24, 2.45) is 5.41 Å². The zero-order valence-electron chi connectivity index (χ0n) is 10.8. The molecule has 2 rings (SSSR count). The Morgan fingerprint density at radius 1 is 1.53 bits per heavy atom. The number of nitrogens with zero attached hydrogens (tertiary/aromatic N) is 2. The number of hydrogen-bond donors (Lipinski definition) is 2. The number of aromatic nitrogens is 1. The van der Waals surface area contributed by atoms with Crippen LogP contribution >= 0.6 is 0 Å². The van der Waals surface area contributed by atoms with Crippen molar-refractivity contribution in [3.05, 3.63) is 24.5 Å². The summed E-state index contributed by atoms with van der Waals surface area (Å²) in [4.78, 5) is 28.5. The molecule has 0 bridgehead atoms. The number of aliphatic carboxylic acids is 1. The van der Waals surface area contributed by atoms with E-state index in [4.69, 9.17) is 0 Å². The van der Waals surface area contributed by atoms with E-state index in [9.17, 15) is 14.7 Å². The molecule has 0 atom stereocenters. The van der Waals surface area contributed by atoms with Gasteiger partial charge in [0.15, 0.2) is 0 Å². The summed E-state index contributed by atoms with van der Waals surface area (Å²) in [6, 6.07) is 3.19. The van der Waals surface area contributed by atoms with Crippen LogP contribution in [0.5, 0.6) is 0 Å². The van der Waals surface area contributed by atoms with Crippen molar-refractivity contribution in [2.45, 2.75) is 19.3 Å². The Hall–Kier alpha value is -2.11. The number of nitrogens with one attached hydrogen (secondary N) is 1. The maximum atomic E-state index is 11.9. The Labute approximate surface area is 111 Å². The molecule has 0 saturated heterocycles. The molecule has 2 amide bonds. The third-order valence-corrected chi connectivity index (χ3v) is 3.68. The number of pyridine rings is 1. The quantitative estimate of drug-likeness (QED) is 0.862. The minimum atomic E-state index is -0.830. The van der Waals surface area contributed by atoms with Gasteiger partial charge in [-0.3, -0.25) is 14.7 Å². The average molecular weight is 263 g/mol. The van der Waals surface area contributed by atoms with Crippen molar-refractivity contribution in [2.75, 3.05) is 18.5 Å². The molecular weight excluding hydrogens is 246 g/mol. The van der Waals surface area contributed by atoms with Crippen LogP contribution in [0.15, 0.2) is 24.5 Å². The molecule has 1 saturated carbocycles. The zero-order valence-corrected chi connectivity index (χ0v) is 10.8. The van der Waals surface area contributed by atoms with E-state index in [-0.39, 0.29) is 12.6 Å². The molecule has 1 aliphatic carbocycles. The Kier molecular flexibility index (Phi) is 3.69. The van der Waals surface area contributed by atoms with Crippen molar-refractivity contribution in [3.63, 3.8) is 0 Å². The van der Waals surface area contributed by atoms with Crippen LogP contribution in [0.2, 0.25) is 0 Å². The average Bonchev–Trinajstić information content (AvgIpc) is 2.37. The van der Waals surface area contributed by atoms with Crippen LogP contribution in [0.1, 0.15) is 19.3 Å². The van der Waals surface area contributed by atoms with Crippen molar-refractivity contribution in [1.29, 1.82) is 0 Å². The number of rotatable bonds is 4.